The SMILES string of the molecule is CCCCc1ccc2c3c(ccc2c1)C1=C(CCC=C3)CCCC(C)=CC(C)=C2CC2Cc2c(CCC)cccc21. The monoisotopic (exact) mass is 540 g/mol. The molecular weight excluding hydrogens is 492 g/mol. The highest BCUT2D eigenvalue weighted by Gasteiger charge is 2.33. The Labute approximate surface area is 249 Å². The summed E-state index contributed by atoms with van der Waals surface area (Å²) in [7, 11) is 0. The van der Waals surface area contributed by atoms with Crippen LogP contribution in [-0.4, -0.2) is 0 Å². The summed E-state index contributed by atoms with van der Waals surface area (Å²) in [4.78, 5) is 0. The highest BCUT2D eigenvalue weighted by molar-refractivity contribution is 5.99. The molecule has 212 valence electrons. The van der Waals surface area contributed by atoms with Crippen LogP contribution >= 0.6 is 0 Å². The van der Waals surface area contributed by atoms with E-state index in [-0.39, 0.29) is 0 Å². The molecule has 0 nitrogen and oxygen atoms in total. The van der Waals surface area contributed by atoms with Gasteiger partial charge in [-0.25, -0.2) is 0 Å². The number of hydrogen-bond acceptors (Lipinski definition) is 0. The molecule has 1 fully saturated rings. The molecule has 0 radical (unpaired) electrons. The van der Waals surface area contributed by atoms with Gasteiger partial charge >= 0.3 is 0 Å². The van der Waals surface area contributed by atoms with E-state index in [0.717, 1.165) is 12.8 Å². The summed E-state index contributed by atoms with van der Waals surface area (Å²) in [5.74, 6) is 0.701. The molecular formula is C41H48. The van der Waals surface area contributed by atoms with Crippen molar-refractivity contribution in [2.24, 2.45) is 5.92 Å². The predicted molar refractivity (Wildman–Crippen MR) is 179 cm³/mol. The molecule has 0 amide bonds. The Kier molecular flexibility index (Phi) is 8.47. The van der Waals surface area contributed by atoms with E-state index in [1.807, 2.05) is 0 Å². The molecule has 1 unspecified atom stereocenters. The molecule has 3 aromatic carbocycles. The van der Waals surface area contributed by atoms with E-state index in [9.17, 15) is 0 Å². The lowest BCUT2D eigenvalue weighted by atomic mass is 9.79. The third-order valence-corrected chi connectivity index (χ3v) is 9.80. The van der Waals surface area contributed by atoms with Crippen LogP contribution in [0.3, 0.4) is 0 Å². The van der Waals surface area contributed by atoms with Crippen LogP contribution in [0.1, 0.15) is 119 Å². The lowest BCUT2D eigenvalue weighted by Gasteiger charge is -2.25. The Morgan fingerprint density at radius 3 is 2.59 bits per heavy atom. The van der Waals surface area contributed by atoms with E-state index >= 15 is 0 Å². The number of allylic oxidation sites excluding steroid dienone is 6. The van der Waals surface area contributed by atoms with Crippen LogP contribution in [0.25, 0.3) is 22.4 Å². The molecule has 3 aliphatic rings. The maximum atomic E-state index is 2.50. The van der Waals surface area contributed by atoms with Crippen molar-refractivity contribution in [2.75, 3.05) is 0 Å². The van der Waals surface area contributed by atoms with Crippen LogP contribution in [0.4, 0.5) is 0 Å². The average Bonchev–Trinajstić information content (AvgIpc) is 3.73. The van der Waals surface area contributed by atoms with Crippen LogP contribution in [0.2, 0.25) is 0 Å². The zero-order valence-electron chi connectivity index (χ0n) is 25.9. The van der Waals surface area contributed by atoms with Crippen molar-refractivity contribution in [3.8, 4) is 0 Å². The highest BCUT2D eigenvalue weighted by atomic mass is 14.4. The normalized spacial score (nSPS) is 19.1. The van der Waals surface area contributed by atoms with Gasteiger partial charge in [0.1, 0.15) is 0 Å². The van der Waals surface area contributed by atoms with Gasteiger partial charge in [-0.3, -0.25) is 0 Å². The minimum absolute atomic E-state index is 0.701. The summed E-state index contributed by atoms with van der Waals surface area (Å²) < 4.78 is 0. The molecule has 0 saturated heterocycles. The molecule has 6 rings (SSSR count). The summed E-state index contributed by atoms with van der Waals surface area (Å²) in [6, 6.07) is 19.4. The first-order chi connectivity index (χ1) is 20.1. The van der Waals surface area contributed by atoms with Gasteiger partial charge in [0.25, 0.3) is 0 Å². The van der Waals surface area contributed by atoms with Gasteiger partial charge in [-0.2, -0.15) is 0 Å². The third kappa shape index (κ3) is 5.94. The van der Waals surface area contributed by atoms with Crippen LogP contribution in [0.5, 0.6) is 0 Å². The van der Waals surface area contributed by atoms with Crippen LogP contribution in [-0.2, 0) is 19.3 Å². The van der Waals surface area contributed by atoms with E-state index in [4.69, 9.17) is 0 Å². The van der Waals surface area contributed by atoms with Crippen molar-refractivity contribution in [3.05, 3.63) is 116 Å². The van der Waals surface area contributed by atoms with Gasteiger partial charge in [-0.05, 0) is 134 Å². The number of unbranched alkanes of at least 4 members (excludes halogenated alkanes) is 1. The molecule has 0 bridgehead atoms. The molecule has 3 aromatic rings. The fourth-order valence-electron chi connectivity index (χ4n) is 7.56. The lowest BCUT2D eigenvalue weighted by molar-refractivity contribution is 0.767. The smallest absolute Gasteiger partial charge is 0.00994 e. The van der Waals surface area contributed by atoms with E-state index in [1.165, 1.54) is 103 Å². The summed E-state index contributed by atoms with van der Waals surface area (Å²) in [5.41, 5.74) is 17.1. The zero-order valence-corrected chi connectivity index (χ0v) is 25.9. The van der Waals surface area contributed by atoms with Crippen molar-refractivity contribution in [3.63, 3.8) is 0 Å². The fourth-order valence-corrected chi connectivity index (χ4v) is 7.56. The van der Waals surface area contributed by atoms with E-state index in [1.54, 1.807) is 33.4 Å². The van der Waals surface area contributed by atoms with Gasteiger partial charge in [-0.15, -0.1) is 0 Å². The van der Waals surface area contributed by atoms with Gasteiger partial charge < -0.3 is 0 Å². The van der Waals surface area contributed by atoms with Gasteiger partial charge in [-0.1, -0.05) is 116 Å². The minimum atomic E-state index is 0.701. The number of aryl methyl sites for hydroxylation is 2. The Morgan fingerprint density at radius 2 is 1.73 bits per heavy atom. The molecule has 1 atom stereocenters. The number of fused-ring (bicyclic) bond motifs is 7. The Hall–Kier alpha value is -3.12. The molecule has 0 spiro atoms. The summed E-state index contributed by atoms with van der Waals surface area (Å²) in [5, 5.41) is 2.79. The van der Waals surface area contributed by atoms with Gasteiger partial charge in [0.2, 0.25) is 0 Å². The van der Waals surface area contributed by atoms with Crippen LogP contribution in [0, 0.1) is 5.92 Å². The molecule has 0 heteroatoms. The number of rotatable bonds is 5. The molecule has 3 aliphatic carbocycles. The average molecular weight is 541 g/mol. The molecule has 1 saturated carbocycles. The number of benzene rings is 3. The maximum Gasteiger partial charge on any atom is -0.00994 e. The topological polar surface area (TPSA) is 0 Å². The van der Waals surface area contributed by atoms with Crippen molar-refractivity contribution in [1.29, 1.82) is 0 Å². The largest absolute Gasteiger partial charge is 0.0836 e. The molecule has 41 heavy (non-hydrogen) atoms. The molecule has 0 heterocycles. The lowest BCUT2D eigenvalue weighted by Crippen LogP contribution is -2.07. The van der Waals surface area contributed by atoms with Gasteiger partial charge in [0.15, 0.2) is 0 Å². The first-order valence-electron chi connectivity index (χ1n) is 16.5. The quantitative estimate of drug-likeness (QED) is 0.302. The second-order valence-electron chi connectivity index (χ2n) is 13.0. The maximum absolute atomic E-state index is 2.50. The minimum Gasteiger partial charge on any atom is -0.0836 e. The van der Waals surface area contributed by atoms with Crippen molar-refractivity contribution >= 4 is 22.4 Å². The third-order valence-electron chi connectivity index (χ3n) is 9.80. The van der Waals surface area contributed by atoms with Crippen molar-refractivity contribution in [2.45, 2.75) is 105 Å². The summed E-state index contributed by atoms with van der Waals surface area (Å²) in [6.07, 6.45) is 21.8. The molecule has 0 aliphatic heterocycles. The Morgan fingerprint density at radius 1 is 0.829 bits per heavy atom. The Bertz CT molecular complexity index is 1570. The van der Waals surface area contributed by atoms with E-state index in [0.29, 0.717) is 5.92 Å². The summed E-state index contributed by atoms with van der Waals surface area (Å²) in [6.45, 7) is 9.32. The van der Waals surface area contributed by atoms with Crippen molar-refractivity contribution in [1.82, 2.24) is 0 Å². The van der Waals surface area contributed by atoms with Crippen LogP contribution in [0.15, 0.2) is 83.0 Å². The second kappa shape index (κ2) is 12.4. The van der Waals surface area contributed by atoms with Gasteiger partial charge in [0.05, 0.1) is 0 Å². The second-order valence-corrected chi connectivity index (χ2v) is 13.0. The summed E-state index contributed by atoms with van der Waals surface area (Å²) >= 11 is 0. The first kappa shape index (κ1) is 28.0. The zero-order chi connectivity index (χ0) is 28.3. The predicted octanol–water partition coefficient (Wildman–Crippen LogP) is 11.8. The first-order valence-corrected chi connectivity index (χ1v) is 16.5. The van der Waals surface area contributed by atoms with Gasteiger partial charge in [0, 0.05) is 0 Å². The highest BCUT2D eigenvalue weighted by Crippen LogP contribution is 2.47. The Balaban J connectivity index is 1.57. The van der Waals surface area contributed by atoms with E-state index in [2.05, 4.69) is 94.5 Å². The molecule has 0 aromatic heterocycles. The number of hydrogen-bond donors (Lipinski definition) is 0. The van der Waals surface area contributed by atoms with Crippen molar-refractivity contribution < 1.29 is 0 Å². The fraction of sp³-hybridized carbons (Fsp3) is 0.415. The van der Waals surface area contributed by atoms with Crippen LogP contribution < -0.4 is 0 Å². The van der Waals surface area contributed by atoms with E-state index < -0.39 is 0 Å². The standard InChI is InChI=1S/C41H48/c1-5-7-14-30-20-22-35-33(25-30)21-23-38-36(35)18-9-8-15-32-17-10-13-28(3)24-29(4)39-26-34(39)27-40-31(12-6-2)16-11-19-37(40)41(32)38/h9,11,16,18-25,34H,5-8,10,12-15,17,26-27H2,1-4H3. The molecule has 0 N–H and O–H groups in total.